The Labute approximate surface area is 167 Å². The van der Waals surface area contributed by atoms with Gasteiger partial charge in [0.25, 0.3) is 0 Å². The van der Waals surface area contributed by atoms with Crippen LogP contribution in [0.1, 0.15) is 30.5 Å². The van der Waals surface area contributed by atoms with Crippen LogP contribution in [0.3, 0.4) is 0 Å². The van der Waals surface area contributed by atoms with Gasteiger partial charge in [-0.3, -0.25) is 4.79 Å². The van der Waals surface area contributed by atoms with Crippen molar-refractivity contribution in [3.8, 4) is 5.75 Å². The first kappa shape index (κ1) is 21.9. The average Bonchev–Trinajstić information content (AvgIpc) is 2.64. The fourth-order valence-corrected chi connectivity index (χ4v) is 4.29. The zero-order chi connectivity index (χ0) is 20.9. The topological polar surface area (TPSA) is 75.7 Å². The van der Waals surface area contributed by atoms with Crippen molar-refractivity contribution >= 4 is 21.6 Å². The molecule has 0 unspecified atom stereocenters. The molecule has 0 aliphatic rings. The second kappa shape index (κ2) is 9.21. The summed E-state index contributed by atoms with van der Waals surface area (Å²) < 4.78 is 32.6. The molecule has 6 nitrogen and oxygen atoms in total. The van der Waals surface area contributed by atoms with E-state index < -0.39 is 10.0 Å². The van der Waals surface area contributed by atoms with Crippen molar-refractivity contribution in [1.29, 1.82) is 0 Å². The van der Waals surface area contributed by atoms with Crippen LogP contribution < -0.4 is 10.1 Å². The third-order valence-electron chi connectivity index (χ3n) is 4.55. The van der Waals surface area contributed by atoms with Gasteiger partial charge in [0.2, 0.25) is 15.9 Å². The van der Waals surface area contributed by atoms with Crippen LogP contribution in [-0.4, -0.2) is 38.3 Å². The van der Waals surface area contributed by atoms with Gasteiger partial charge < -0.3 is 10.1 Å². The molecule has 0 spiro atoms. The minimum atomic E-state index is -3.79. The molecular formula is C21H28N2O4S. The highest BCUT2D eigenvalue weighted by atomic mass is 32.2. The van der Waals surface area contributed by atoms with Gasteiger partial charge in [-0.15, -0.1) is 0 Å². The molecule has 0 saturated carbocycles. The first-order chi connectivity index (χ1) is 13.2. The van der Waals surface area contributed by atoms with Crippen LogP contribution in [0.2, 0.25) is 0 Å². The summed E-state index contributed by atoms with van der Waals surface area (Å²) >= 11 is 0. The fraction of sp³-hybridized carbons (Fsp3) is 0.381. The van der Waals surface area contributed by atoms with E-state index in [9.17, 15) is 13.2 Å². The molecule has 28 heavy (non-hydrogen) atoms. The highest BCUT2D eigenvalue weighted by Gasteiger charge is 2.26. The summed E-state index contributed by atoms with van der Waals surface area (Å²) in [6.07, 6.45) is 0. The summed E-state index contributed by atoms with van der Waals surface area (Å²) in [7, 11) is -3.79. The Hall–Kier alpha value is -2.38. The number of benzene rings is 2. The number of nitrogens with one attached hydrogen (secondary N) is 1. The Bertz CT molecular complexity index is 955. The number of likely N-dealkylation sites (N-methyl/N-ethyl adjacent to an activating group) is 1. The maximum Gasteiger partial charge on any atom is 0.243 e. The lowest BCUT2D eigenvalue weighted by Gasteiger charge is -2.21. The van der Waals surface area contributed by atoms with Crippen molar-refractivity contribution in [1.82, 2.24) is 4.31 Å². The lowest BCUT2D eigenvalue weighted by Crippen LogP contribution is -2.37. The summed E-state index contributed by atoms with van der Waals surface area (Å²) in [6, 6.07) is 10.3. The molecule has 7 heteroatoms. The number of carbonyl (C=O) groups excluding carboxylic acids is 1. The van der Waals surface area contributed by atoms with Gasteiger partial charge >= 0.3 is 0 Å². The summed E-state index contributed by atoms with van der Waals surface area (Å²) in [6.45, 7) is 9.78. The van der Waals surface area contributed by atoms with Crippen LogP contribution >= 0.6 is 0 Å². The van der Waals surface area contributed by atoms with Crippen LogP contribution in [0.15, 0.2) is 41.3 Å². The number of sulfonamides is 1. The lowest BCUT2D eigenvalue weighted by atomic mass is 10.1. The molecule has 2 rings (SSSR count). The van der Waals surface area contributed by atoms with E-state index in [1.54, 1.807) is 32.0 Å². The van der Waals surface area contributed by atoms with Crippen molar-refractivity contribution in [3.05, 3.63) is 53.1 Å². The van der Waals surface area contributed by atoms with Crippen molar-refractivity contribution in [2.45, 2.75) is 39.5 Å². The number of ether oxygens (including phenoxy) is 1. The van der Waals surface area contributed by atoms with E-state index in [0.29, 0.717) is 18.0 Å². The van der Waals surface area contributed by atoms with E-state index in [1.165, 1.54) is 10.4 Å². The van der Waals surface area contributed by atoms with E-state index in [4.69, 9.17) is 4.74 Å². The van der Waals surface area contributed by atoms with Gasteiger partial charge in [-0.2, -0.15) is 4.31 Å². The molecule has 0 radical (unpaired) electrons. The highest BCUT2D eigenvalue weighted by Crippen LogP contribution is 2.24. The molecule has 152 valence electrons. The lowest BCUT2D eigenvalue weighted by molar-refractivity contribution is -0.116. The van der Waals surface area contributed by atoms with E-state index >= 15 is 0 Å². The second-order valence-corrected chi connectivity index (χ2v) is 8.58. The molecule has 0 aliphatic heterocycles. The first-order valence-electron chi connectivity index (χ1n) is 9.29. The summed E-state index contributed by atoms with van der Waals surface area (Å²) in [5.41, 5.74) is 3.57. The third-order valence-corrected chi connectivity index (χ3v) is 6.46. The molecule has 1 N–H and O–H groups in total. The van der Waals surface area contributed by atoms with E-state index in [0.717, 1.165) is 16.7 Å². The largest absolute Gasteiger partial charge is 0.494 e. The van der Waals surface area contributed by atoms with Gasteiger partial charge in [0, 0.05) is 12.2 Å². The van der Waals surface area contributed by atoms with Gasteiger partial charge in [0.15, 0.2) is 0 Å². The Kier molecular flexibility index (Phi) is 7.21. The van der Waals surface area contributed by atoms with Crippen LogP contribution in [0.5, 0.6) is 5.75 Å². The zero-order valence-electron chi connectivity index (χ0n) is 17.1. The normalized spacial score (nSPS) is 11.5. The van der Waals surface area contributed by atoms with Crippen LogP contribution in [0, 0.1) is 20.8 Å². The van der Waals surface area contributed by atoms with E-state index in [2.05, 4.69) is 5.32 Å². The Morgan fingerprint density at radius 1 is 1.00 bits per heavy atom. The predicted molar refractivity (Wildman–Crippen MR) is 111 cm³/mol. The summed E-state index contributed by atoms with van der Waals surface area (Å²) in [5, 5.41) is 2.77. The standard InChI is InChI=1S/C21H28N2O4S/c1-6-23(14-21(24)22-18-9-8-15(3)16(4)12-18)28(25,26)19-10-11-20(27-7-2)17(5)13-19/h8-13H,6-7,14H2,1-5H3,(H,22,24). The number of amides is 1. The Morgan fingerprint density at radius 2 is 1.71 bits per heavy atom. The van der Waals surface area contributed by atoms with Crippen LogP contribution in [-0.2, 0) is 14.8 Å². The maximum absolute atomic E-state index is 13.0. The summed E-state index contributed by atoms with van der Waals surface area (Å²) in [5.74, 6) is 0.272. The molecule has 2 aromatic carbocycles. The molecule has 0 fully saturated rings. The Balaban J connectivity index is 2.17. The molecule has 1 amide bonds. The minimum absolute atomic E-state index is 0.147. The highest BCUT2D eigenvalue weighted by molar-refractivity contribution is 7.89. The van der Waals surface area contributed by atoms with Gasteiger partial charge in [-0.25, -0.2) is 8.42 Å². The molecule has 0 saturated heterocycles. The average molecular weight is 405 g/mol. The molecule has 0 atom stereocenters. The predicted octanol–water partition coefficient (Wildman–Crippen LogP) is 3.66. The van der Waals surface area contributed by atoms with E-state index in [-0.39, 0.29) is 23.9 Å². The van der Waals surface area contributed by atoms with Gasteiger partial charge in [-0.1, -0.05) is 13.0 Å². The van der Waals surface area contributed by atoms with Crippen LogP contribution in [0.25, 0.3) is 0 Å². The van der Waals surface area contributed by atoms with Crippen molar-refractivity contribution in [2.75, 3.05) is 25.0 Å². The molecule has 2 aromatic rings. The molecule has 0 bridgehead atoms. The van der Waals surface area contributed by atoms with Gasteiger partial charge in [0.1, 0.15) is 5.75 Å². The molecule has 0 aliphatic carbocycles. The zero-order valence-corrected chi connectivity index (χ0v) is 17.9. The van der Waals surface area contributed by atoms with Gasteiger partial charge in [-0.05, 0) is 74.7 Å². The minimum Gasteiger partial charge on any atom is -0.494 e. The second-order valence-electron chi connectivity index (χ2n) is 6.64. The van der Waals surface area contributed by atoms with Crippen molar-refractivity contribution in [2.24, 2.45) is 0 Å². The number of hydrogen-bond acceptors (Lipinski definition) is 4. The quantitative estimate of drug-likeness (QED) is 0.728. The van der Waals surface area contributed by atoms with Crippen molar-refractivity contribution in [3.63, 3.8) is 0 Å². The number of nitrogens with zero attached hydrogens (tertiary/aromatic N) is 1. The fourth-order valence-electron chi connectivity index (χ4n) is 2.80. The Morgan fingerprint density at radius 3 is 2.29 bits per heavy atom. The molecular weight excluding hydrogens is 376 g/mol. The number of aryl methyl sites for hydroxylation is 3. The SMILES string of the molecule is CCOc1ccc(S(=O)(=O)N(CC)CC(=O)Nc2ccc(C)c(C)c2)cc1C. The summed E-state index contributed by atoms with van der Waals surface area (Å²) in [4.78, 5) is 12.6. The maximum atomic E-state index is 13.0. The molecule has 0 heterocycles. The monoisotopic (exact) mass is 404 g/mol. The number of rotatable bonds is 8. The van der Waals surface area contributed by atoms with Crippen LogP contribution in [0.4, 0.5) is 5.69 Å². The smallest absolute Gasteiger partial charge is 0.243 e. The van der Waals surface area contributed by atoms with Gasteiger partial charge in [0.05, 0.1) is 18.0 Å². The number of anilines is 1. The van der Waals surface area contributed by atoms with E-state index in [1.807, 2.05) is 32.9 Å². The molecule has 0 aromatic heterocycles. The third kappa shape index (κ3) is 5.11. The number of carbonyl (C=O) groups is 1. The van der Waals surface area contributed by atoms with Crippen molar-refractivity contribution < 1.29 is 17.9 Å². The number of hydrogen-bond donors (Lipinski definition) is 1. The first-order valence-corrected chi connectivity index (χ1v) is 10.7.